The quantitative estimate of drug-likeness (QED) is 0.154. The molecule has 0 spiro atoms. The molecule has 0 bridgehead atoms. The summed E-state index contributed by atoms with van der Waals surface area (Å²) in [5.41, 5.74) is 22.7. The highest BCUT2D eigenvalue weighted by molar-refractivity contribution is 6.00. The number of rotatable bonds is 7. The molecule has 11 rings (SSSR count). The van der Waals surface area contributed by atoms with Crippen LogP contribution in [0, 0.1) is 5.92 Å². The van der Waals surface area contributed by atoms with Crippen molar-refractivity contribution >= 4 is 16.9 Å². The van der Waals surface area contributed by atoms with E-state index >= 15 is 0 Å². The van der Waals surface area contributed by atoms with Gasteiger partial charge in [-0.25, -0.2) is 0 Å². The second-order valence-electron chi connectivity index (χ2n) is 22.1. The molecule has 2 atom stereocenters. The van der Waals surface area contributed by atoms with Crippen LogP contribution in [-0.4, -0.2) is 6.04 Å². The maximum absolute atomic E-state index is 2.67. The normalized spacial score (nSPS) is 17.6. The second kappa shape index (κ2) is 16.1. The van der Waals surface area contributed by atoms with Crippen molar-refractivity contribution in [3.63, 3.8) is 0 Å². The van der Waals surface area contributed by atoms with Gasteiger partial charge < -0.3 is 4.90 Å². The molecule has 0 heterocycles. The minimum Gasteiger partial charge on any atom is -0.333 e. The van der Waals surface area contributed by atoms with Crippen LogP contribution >= 0.6 is 0 Å². The van der Waals surface area contributed by atoms with E-state index in [-0.39, 0.29) is 28.2 Å². The van der Waals surface area contributed by atoms with Crippen molar-refractivity contribution in [2.24, 2.45) is 5.92 Å². The van der Waals surface area contributed by atoms with Gasteiger partial charge in [-0.2, -0.15) is 0 Å². The van der Waals surface area contributed by atoms with E-state index in [9.17, 15) is 0 Å². The smallest absolute Gasteiger partial charge is 0.0713 e. The van der Waals surface area contributed by atoms with Crippen LogP contribution in [0.5, 0.6) is 0 Å². The molecule has 3 aliphatic rings. The van der Waals surface area contributed by atoms with Gasteiger partial charge in [0.2, 0.25) is 0 Å². The third-order valence-electron chi connectivity index (χ3n) is 15.7. The molecule has 0 fully saturated rings. The first-order chi connectivity index (χ1) is 32.7. The third-order valence-corrected chi connectivity index (χ3v) is 15.7. The first-order valence-electron chi connectivity index (χ1n) is 24.7. The summed E-state index contributed by atoms with van der Waals surface area (Å²) in [4.78, 5) is 2.67. The Hall–Kier alpha value is -6.96. The van der Waals surface area contributed by atoms with Crippen molar-refractivity contribution in [2.75, 3.05) is 4.90 Å². The first-order valence-corrected chi connectivity index (χ1v) is 24.7. The molecule has 0 aliphatic heterocycles. The fourth-order valence-electron chi connectivity index (χ4n) is 12.3. The van der Waals surface area contributed by atoms with Gasteiger partial charge in [-0.15, -0.1) is 0 Å². The number of nitrogens with zero attached hydrogens (tertiary/aromatic N) is 1. The molecule has 336 valence electrons. The van der Waals surface area contributed by atoms with E-state index in [1.165, 1.54) is 100 Å². The Morgan fingerprint density at radius 1 is 0.456 bits per heavy atom. The molecule has 68 heavy (non-hydrogen) atoms. The van der Waals surface area contributed by atoms with Crippen LogP contribution in [0.4, 0.5) is 11.4 Å². The molecular formula is C67H63N. The Kier molecular flexibility index (Phi) is 10.3. The van der Waals surface area contributed by atoms with E-state index in [0.717, 1.165) is 0 Å². The molecule has 2 unspecified atom stereocenters. The van der Waals surface area contributed by atoms with Crippen molar-refractivity contribution in [1.29, 1.82) is 0 Å². The molecule has 8 aromatic carbocycles. The largest absolute Gasteiger partial charge is 0.333 e. The van der Waals surface area contributed by atoms with Crippen molar-refractivity contribution in [3.8, 4) is 33.4 Å². The lowest BCUT2D eigenvalue weighted by Crippen LogP contribution is -2.40. The molecule has 0 saturated heterocycles. The number of allylic oxidation sites excluding steroid dienone is 2. The highest BCUT2D eigenvalue weighted by Gasteiger charge is 2.49. The topological polar surface area (TPSA) is 3.24 Å². The van der Waals surface area contributed by atoms with Gasteiger partial charge in [-0.3, -0.25) is 0 Å². The first kappa shape index (κ1) is 43.6. The van der Waals surface area contributed by atoms with Gasteiger partial charge in [-0.05, 0) is 119 Å². The zero-order valence-electron chi connectivity index (χ0n) is 41.2. The monoisotopic (exact) mass is 881 g/mol. The van der Waals surface area contributed by atoms with Crippen molar-refractivity contribution in [3.05, 3.63) is 256 Å². The van der Waals surface area contributed by atoms with Crippen LogP contribution in [0.15, 0.2) is 212 Å². The number of hydrogen-bond acceptors (Lipinski definition) is 1. The Morgan fingerprint density at radius 2 is 1.00 bits per heavy atom. The van der Waals surface area contributed by atoms with E-state index < -0.39 is 5.41 Å². The fourth-order valence-corrected chi connectivity index (χ4v) is 12.3. The molecule has 1 heteroatoms. The van der Waals surface area contributed by atoms with Crippen molar-refractivity contribution in [2.45, 2.75) is 90.0 Å². The molecule has 0 amide bonds. The van der Waals surface area contributed by atoms with E-state index in [1.54, 1.807) is 0 Å². The molecule has 8 aromatic rings. The lowest BCUT2D eigenvalue weighted by atomic mass is 9.66. The van der Waals surface area contributed by atoms with E-state index in [0.29, 0.717) is 0 Å². The number of hydrogen-bond donors (Lipinski definition) is 0. The highest BCUT2D eigenvalue weighted by Crippen LogP contribution is 2.61. The fraction of sp³-hybridized carbons (Fsp3) is 0.224. The number of anilines is 2. The molecular weight excluding hydrogens is 819 g/mol. The van der Waals surface area contributed by atoms with Gasteiger partial charge in [-0.1, -0.05) is 244 Å². The third kappa shape index (κ3) is 6.80. The van der Waals surface area contributed by atoms with Gasteiger partial charge in [0.15, 0.2) is 0 Å². The Morgan fingerprint density at radius 3 is 1.63 bits per heavy atom. The number of para-hydroxylation sites is 1. The molecule has 0 N–H and O–H groups in total. The number of benzene rings is 8. The van der Waals surface area contributed by atoms with Crippen LogP contribution in [0.3, 0.4) is 0 Å². The summed E-state index contributed by atoms with van der Waals surface area (Å²) in [6.07, 6.45) is 4.94. The average molecular weight is 882 g/mol. The molecule has 0 saturated carbocycles. The molecule has 0 radical (unpaired) electrons. The lowest BCUT2D eigenvalue weighted by molar-refractivity contribution is 0.488. The predicted molar refractivity (Wildman–Crippen MR) is 289 cm³/mol. The lowest BCUT2D eigenvalue weighted by Gasteiger charge is -2.42. The van der Waals surface area contributed by atoms with Crippen LogP contribution in [0.1, 0.15) is 107 Å². The summed E-state index contributed by atoms with van der Waals surface area (Å²) >= 11 is 0. The minimum absolute atomic E-state index is 0.0410. The number of fused-ring (bicyclic) bond motifs is 5. The molecule has 1 nitrogen and oxygen atoms in total. The zero-order valence-corrected chi connectivity index (χ0v) is 41.2. The summed E-state index contributed by atoms with van der Waals surface area (Å²) in [5.74, 6) is 0.214. The maximum Gasteiger partial charge on any atom is 0.0713 e. The Bertz CT molecular complexity index is 3220. The minimum atomic E-state index is -0.557. The van der Waals surface area contributed by atoms with Crippen LogP contribution < -0.4 is 4.90 Å². The van der Waals surface area contributed by atoms with Gasteiger partial charge in [0.25, 0.3) is 0 Å². The average Bonchev–Trinajstić information content (AvgIpc) is 3.78. The second-order valence-corrected chi connectivity index (χ2v) is 22.1. The van der Waals surface area contributed by atoms with E-state index in [1.807, 2.05) is 0 Å². The summed E-state index contributed by atoms with van der Waals surface area (Å²) < 4.78 is 0. The highest BCUT2D eigenvalue weighted by atomic mass is 15.2. The van der Waals surface area contributed by atoms with E-state index in [4.69, 9.17) is 0 Å². The summed E-state index contributed by atoms with van der Waals surface area (Å²) in [5, 5.41) is 0. The predicted octanol–water partition coefficient (Wildman–Crippen LogP) is 17.4. The maximum atomic E-state index is 2.67. The Balaban J connectivity index is 1.20. The zero-order chi connectivity index (χ0) is 47.2. The molecule has 3 aliphatic carbocycles. The SMILES string of the molecule is CC1C2=C(C=CC1N(c1ccc(-c3ccccc3)cc1)c1ccccc1-c1cc(C(C)(C)C)cc3c1-c1ccc(C(C)(C)C)cc1C3(c1ccccc1)c1ccccc1)c1ccccc1C2(C)C. The van der Waals surface area contributed by atoms with Crippen LogP contribution in [0.25, 0.3) is 39.0 Å². The van der Waals surface area contributed by atoms with Crippen molar-refractivity contribution < 1.29 is 0 Å². The van der Waals surface area contributed by atoms with Crippen LogP contribution in [-0.2, 0) is 21.7 Å². The van der Waals surface area contributed by atoms with Crippen LogP contribution in [0.2, 0.25) is 0 Å². The standard InChI is InChI=1S/C67H63N/c1-44-60(40-39-54-52-29-19-21-31-57(52)66(8,9)63(44)54)68(51-36-33-46(34-37-51)45-23-13-10-14-24-45)61-32-22-20-30-53(61)56-41-50(65(5,6)7)43-59-62(56)55-38-35-49(64(2,3)4)42-58(55)67(59,47-25-15-11-16-26-47)48-27-17-12-18-28-48/h10-44,60H,1-9H3. The Labute approximate surface area is 405 Å². The van der Waals surface area contributed by atoms with Gasteiger partial charge in [0, 0.05) is 28.3 Å². The van der Waals surface area contributed by atoms with Crippen molar-refractivity contribution in [1.82, 2.24) is 0 Å². The summed E-state index contributed by atoms with van der Waals surface area (Å²) in [7, 11) is 0. The van der Waals surface area contributed by atoms with E-state index in [2.05, 4.69) is 273 Å². The summed E-state index contributed by atoms with van der Waals surface area (Å²) in [6.45, 7) is 21.5. The molecule has 0 aromatic heterocycles. The van der Waals surface area contributed by atoms with Gasteiger partial charge >= 0.3 is 0 Å². The summed E-state index contributed by atoms with van der Waals surface area (Å²) in [6, 6.07) is 73.6. The van der Waals surface area contributed by atoms with Gasteiger partial charge in [0.1, 0.15) is 0 Å². The van der Waals surface area contributed by atoms with Gasteiger partial charge in [0.05, 0.1) is 11.5 Å².